The first-order valence-corrected chi connectivity index (χ1v) is 26.0. The quantitative estimate of drug-likeness (QED) is 0.0423. The van der Waals surface area contributed by atoms with Crippen LogP contribution in [0.3, 0.4) is 0 Å². The smallest absolute Gasteiger partial charge is 0.220 e. The number of amides is 1. The summed E-state index contributed by atoms with van der Waals surface area (Å²) < 4.78 is 0. The van der Waals surface area contributed by atoms with E-state index in [9.17, 15) is 15.0 Å². The van der Waals surface area contributed by atoms with E-state index in [1.807, 2.05) is 0 Å². The number of aliphatic hydroxyl groups excluding tert-OH is 2. The molecule has 1 amide bonds. The number of aliphatic hydroxyl groups is 2. The Balaban J connectivity index is 3.51. The minimum Gasteiger partial charge on any atom is -0.394 e. The van der Waals surface area contributed by atoms with Crippen molar-refractivity contribution in [3.8, 4) is 0 Å². The zero-order valence-corrected chi connectivity index (χ0v) is 39.5. The highest BCUT2D eigenvalue weighted by atomic mass is 16.3. The van der Waals surface area contributed by atoms with Crippen LogP contribution >= 0.6 is 0 Å². The second-order valence-corrected chi connectivity index (χ2v) is 17.6. The minimum atomic E-state index is -0.666. The summed E-state index contributed by atoms with van der Waals surface area (Å²) in [6.07, 6.45) is 70.4. The number of unbranched alkanes of at least 4 members (excludes halogenated alkanes) is 30. The maximum atomic E-state index is 12.5. The maximum Gasteiger partial charge on any atom is 0.220 e. The summed E-state index contributed by atoms with van der Waals surface area (Å²) in [4.78, 5) is 12.5. The molecule has 59 heavy (non-hydrogen) atoms. The fourth-order valence-corrected chi connectivity index (χ4v) is 7.86. The molecule has 0 heterocycles. The maximum absolute atomic E-state index is 12.5. The zero-order valence-electron chi connectivity index (χ0n) is 39.5. The molecular weight excluding hydrogens is 723 g/mol. The average molecular weight is 824 g/mol. The van der Waals surface area contributed by atoms with E-state index < -0.39 is 12.1 Å². The van der Waals surface area contributed by atoms with Crippen LogP contribution in [0, 0.1) is 0 Å². The Hall–Kier alpha value is -1.91. The van der Waals surface area contributed by atoms with Crippen molar-refractivity contribution < 1.29 is 15.0 Å². The van der Waals surface area contributed by atoms with Gasteiger partial charge in [0.2, 0.25) is 5.91 Å². The molecule has 0 saturated heterocycles. The van der Waals surface area contributed by atoms with Crippen LogP contribution < -0.4 is 5.32 Å². The Labute approximate surface area is 368 Å². The lowest BCUT2D eigenvalue weighted by Gasteiger charge is -2.22. The lowest BCUT2D eigenvalue weighted by molar-refractivity contribution is -0.123. The van der Waals surface area contributed by atoms with Gasteiger partial charge < -0.3 is 15.5 Å². The fourth-order valence-electron chi connectivity index (χ4n) is 7.86. The number of allylic oxidation sites excluding steroid dienone is 10. The van der Waals surface area contributed by atoms with Gasteiger partial charge >= 0.3 is 0 Å². The lowest BCUT2D eigenvalue weighted by atomic mass is 10.0. The fraction of sp³-hybridized carbons (Fsp3) is 0.800. The van der Waals surface area contributed by atoms with E-state index in [-0.39, 0.29) is 12.5 Å². The first kappa shape index (κ1) is 57.1. The third-order valence-corrected chi connectivity index (χ3v) is 11.8. The Morgan fingerprint density at radius 1 is 0.424 bits per heavy atom. The van der Waals surface area contributed by atoms with Gasteiger partial charge in [0.25, 0.3) is 0 Å². The highest BCUT2D eigenvalue weighted by Crippen LogP contribution is 2.17. The molecule has 0 rings (SSSR count). The molecule has 0 spiro atoms. The van der Waals surface area contributed by atoms with E-state index >= 15 is 0 Å². The third kappa shape index (κ3) is 47.0. The van der Waals surface area contributed by atoms with Gasteiger partial charge in [-0.1, -0.05) is 261 Å². The molecule has 2 atom stereocenters. The Morgan fingerprint density at radius 3 is 1.12 bits per heavy atom. The zero-order chi connectivity index (χ0) is 42.8. The highest BCUT2D eigenvalue weighted by Gasteiger charge is 2.20. The van der Waals surface area contributed by atoms with Crippen LogP contribution in [-0.2, 0) is 4.79 Å². The summed E-state index contributed by atoms with van der Waals surface area (Å²) in [7, 11) is 0. The van der Waals surface area contributed by atoms with Crippen LogP contribution in [0.15, 0.2) is 60.8 Å². The van der Waals surface area contributed by atoms with E-state index in [1.165, 1.54) is 180 Å². The Bertz CT molecular complexity index is 981. The molecule has 0 aromatic rings. The second kappa shape index (κ2) is 50.4. The summed E-state index contributed by atoms with van der Waals surface area (Å²) in [6.45, 7) is 4.26. The van der Waals surface area contributed by atoms with Crippen LogP contribution in [0.4, 0.5) is 0 Å². The van der Waals surface area contributed by atoms with Gasteiger partial charge in [0.05, 0.1) is 18.8 Å². The number of carbonyl (C=O) groups excluding carboxylic acids is 1. The molecule has 0 saturated carbocycles. The van der Waals surface area contributed by atoms with Gasteiger partial charge in [-0.3, -0.25) is 4.79 Å². The molecule has 0 bridgehead atoms. The topological polar surface area (TPSA) is 69.6 Å². The van der Waals surface area contributed by atoms with Crippen LogP contribution in [0.2, 0.25) is 0 Å². The monoisotopic (exact) mass is 824 g/mol. The molecule has 0 fully saturated rings. The number of hydrogen-bond acceptors (Lipinski definition) is 3. The molecule has 2 unspecified atom stereocenters. The lowest BCUT2D eigenvalue weighted by Crippen LogP contribution is -2.45. The van der Waals surface area contributed by atoms with Crippen molar-refractivity contribution in [1.29, 1.82) is 0 Å². The normalized spacial score (nSPS) is 13.4. The average Bonchev–Trinajstić information content (AvgIpc) is 3.24. The molecule has 0 aromatic carbocycles. The predicted octanol–water partition coefficient (Wildman–Crippen LogP) is 16.9. The van der Waals surface area contributed by atoms with Crippen molar-refractivity contribution in [2.45, 2.75) is 276 Å². The van der Waals surface area contributed by atoms with Crippen molar-refractivity contribution in [3.05, 3.63) is 60.8 Å². The first-order valence-electron chi connectivity index (χ1n) is 26.0. The number of nitrogens with one attached hydrogen (secondary N) is 1. The van der Waals surface area contributed by atoms with Crippen molar-refractivity contribution in [1.82, 2.24) is 5.32 Å². The number of carbonyl (C=O) groups is 1. The van der Waals surface area contributed by atoms with Crippen LogP contribution in [0.5, 0.6) is 0 Å². The summed E-state index contributed by atoms with van der Waals surface area (Å²) in [5, 5.41) is 23.3. The molecule has 4 nitrogen and oxygen atoms in total. The van der Waals surface area contributed by atoms with E-state index in [4.69, 9.17) is 0 Å². The molecule has 0 aliphatic carbocycles. The van der Waals surface area contributed by atoms with Crippen molar-refractivity contribution in [3.63, 3.8) is 0 Å². The second-order valence-electron chi connectivity index (χ2n) is 17.6. The van der Waals surface area contributed by atoms with Crippen LogP contribution in [-0.4, -0.2) is 34.9 Å². The van der Waals surface area contributed by atoms with E-state index in [2.05, 4.69) is 79.9 Å². The summed E-state index contributed by atoms with van der Waals surface area (Å²) >= 11 is 0. The first-order chi connectivity index (χ1) is 29.2. The van der Waals surface area contributed by atoms with Gasteiger partial charge in [0, 0.05) is 6.42 Å². The third-order valence-electron chi connectivity index (χ3n) is 11.8. The van der Waals surface area contributed by atoms with Crippen molar-refractivity contribution in [2.75, 3.05) is 6.61 Å². The van der Waals surface area contributed by atoms with Gasteiger partial charge in [-0.25, -0.2) is 0 Å². The molecular formula is C55H101NO3. The van der Waals surface area contributed by atoms with Gasteiger partial charge in [0.1, 0.15) is 0 Å². The van der Waals surface area contributed by atoms with Gasteiger partial charge in [0.15, 0.2) is 0 Å². The van der Waals surface area contributed by atoms with Crippen LogP contribution in [0.25, 0.3) is 0 Å². The van der Waals surface area contributed by atoms with Gasteiger partial charge in [-0.2, -0.15) is 0 Å². The molecule has 4 heteroatoms. The molecule has 344 valence electrons. The number of rotatable bonds is 47. The SMILES string of the molecule is CC/C=C\C/C=C\C/C=C\C/C=C\C/C=C\CCCCCCCCCCCC(=O)NC(CO)C(O)CCCCCCCCCCCCCCCCCCCCCCCC. The molecule has 0 radical (unpaired) electrons. The van der Waals surface area contributed by atoms with Crippen LogP contribution in [0.1, 0.15) is 264 Å². The van der Waals surface area contributed by atoms with E-state index in [0.717, 1.165) is 57.8 Å². The molecule has 0 aromatic heterocycles. The van der Waals surface area contributed by atoms with Gasteiger partial charge in [-0.15, -0.1) is 0 Å². The standard InChI is InChI=1S/C55H101NO3/c1-3-5-7-9-11-13-15-17-19-21-23-25-27-28-29-31-33-35-37-39-41-43-45-47-49-51-55(59)56-53(52-57)54(58)50-48-46-44-42-40-38-36-34-32-30-26-24-22-20-18-16-14-12-10-8-6-4-2/h5,7,11,13,17,19,23,25,28-29,53-54,57-58H,3-4,6,8-10,12,14-16,18,20-22,24,26-27,30-52H2,1-2H3,(H,56,59)/b7-5-,13-11-,19-17-,25-23-,29-28-. The van der Waals surface area contributed by atoms with Gasteiger partial charge in [-0.05, 0) is 57.8 Å². The summed E-state index contributed by atoms with van der Waals surface area (Å²) in [6, 6.07) is -0.543. The minimum absolute atomic E-state index is 0.0373. The van der Waals surface area contributed by atoms with Crippen molar-refractivity contribution >= 4 is 5.91 Å². The summed E-state index contributed by atoms with van der Waals surface area (Å²) in [5.41, 5.74) is 0. The number of hydrogen-bond donors (Lipinski definition) is 3. The predicted molar refractivity (Wildman–Crippen MR) is 262 cm³/mol. The molecule has 0 aliphatic rings. The van der Waals surface area contributed by atoms with Crippen molar-refractivity contribution in [2.24, 2.45) is 0 Å². The Morgan fingerprint density at radius 2 is 0.746 bits per heavy atom. The summed E-state index contributed by atoms with van der Waals surface area (Å²) in [5.74, 6) is -0.0373. The molecule has 0 aliphatic heterocycles. The van der Waals surface area contributed by atoms with E-state index in [0.29, 0.717) is 12.8 Å². The molecule has 3 N–H and O–H groups in total. The Kier molecular flexibility index (Phi) is 48.8. The largest absolute Gasteiger partial charge is 0.394 e. The highest BCUT2D eigenvalue weighted by molar-refractivity contribution is 5.76. The van der Waals surface area contributed by atoms with E-state index in [1.54, 1.807) is 0 Å².